The molecule has 0 bridgehead atoms. The Bertz CT molecular complexity index is 474. The van der Waals surface area contributed by atoms with Gasteiger partial charge in [0.1, 0.15) is 10.1 Å². The number of rotatable bonds is 8. The van der Waals surface area contributed by atoms with Gasteiger partial charge in [0.25, 0.3) is 0 Å². The molecule has 1 aromatic rings. The first-order valence-corrected chi connectivity index (χ1v) is 9.61. The summed E-state index contributed by atoms with van der Waals surface area (Å²) in [7, 11) is 0. The molecule has 124 valence electrons. The molecule has 0 aliphatic heterocycles. The topological polar surface area (TPSA) is 12.5 Å². The third kappa shape index (κ3) is 6.76. The van der Waals surface area contributed by atoms with Gasteiger partial charge in [-0.05, 0) is 44.4 Å². The third-order valence-corrected chi connectivity index (χ3v) is 4.86. The van der Waals surface area contributed by atoms with Gasteiger partial charge in [0.05, 0.1) is 11.1 Å². The third-order valence-electron chi connectivity index (χ3n) is 2.97. The number of hydrogen-bond donors (Lipinski definition) is 0. The minimum atomic E-state index is 0.127. The van der Waals surface area contributed by atoms with Crippen LogP contribution in [-0.4, -0.2) is 28.4 Å². The van der Waals surface area contributed by atoms with Gasteiger partial charge < -0.3 is 9.64 Å². The Hall–Kier alpha value is -0.450. The van der Waals surface area contributed by atoms with Crippen LogP contribution < -0.4 is 4.74 Å². The zero-order valence-electron chi connectivity index (χ0n) is 13.9. The van der Waals surface area contributed by atoms with Crippen molar-refractivity contribution in [2.75, 3.05) is 13.1 Å². The van der Waals surface area contributed by atoms with Gasteiger partial charge in [0, 0.05) is 18.8 Å². The molecule has 0 spiro atoms. The first kappa shape index (κ1) is 19.6. The van der Waals surface area contributed by atoms with Gasteiger partial charge >= 0.3 is 0 Å². The van der Waals surface area contributed by atoms with Crippen molar-refractivity contribution in [1.82, 2.24) is 4.90 Å². The van der Waals surface area contributed by atoms with Crippen molar-refractivity contribution < 1.29 is 4.74 Å². The van der Waals surface area contributed by atoms with Crippen LogP contribution in [0.4, 0.5) is 0 Å². The van der Waals surface area contributed by atoms with Crippen LogP contribution in [0.25, 0.3) is 0 Å². The predicted octanol–water partition coefficient (Wildman–Crippen LogP) is 5.77. The van der Waals surface area contributed by atoms with Gasteiger partial charge in [-0.2, -0.15) is 0 Å². The molecule has 0 radical (unpaired) electrons. The summed E-state index contributed by atoms with van der Waals surface area (Å²) < 4.78 is 6.63. The van der Waals surface area contributed by atoms with Crippen molar-refractivity contribution in [2.24, 2.45) is 0 Å². The van der Waals surface area contributed by atoms with E-state index in [9.17, 15) is 0 Å². The molecule has 0 aromatic heterocycles. The number of thioether (sulfide) groups is 1. The lowest BCUT2D eigenvalue weighted by Gasteiger charge is -2.23. The van der Waals surface area contributed by atoms with E-state index >= 15 is 0 Å². The second kappa shape index (κ2) is 10.3. The molecule has 1 aromatic carbocycles. The Morgan fingerprint density at radius 3 is 2.41 bits per heavy atom. The molecule has 0 N–H and O–H groups in total. The minimum absolute atomic E-state index is 0.127. The van der Waals surface area contributed by atoms with E-state index in [1.54, 1.807) is 11.8 Å². The van der Waals surface area contributed by atoms with Crippen LogP contribution in [0.3, 0.4) is 0 Å². The fraction of sp³-hybridized carbons (Fsp3) is 0.588. The number of thiocarbonyl (C=S) groups is 1. The average Bonchev–Trinajstić information content (AvgIpc) is 2.46. The highest BCUT2D eigenvalue weighted by molar-refractivity contribution is 8.22. The van der Waals surface area contributed by atoms with Crippen LogP contribution in [0.15, 0.2) is 18.2 Å². The summed E-state index contributed by atoms with van der Waals surface area (Å²) in [6.07, 6.45) is 2.36. The molecule has 0 fully saturated rings. The normalized spacial score (nSPS) is 10.8. The van der Waals surface area contributed by atoms with Gasteiger partial charge in [0.2, 0.25) is 0 Å². The van der Waals surface area contributed by atoms with E-state index in [-0.39, 0.29) is 6.10 Å². The minimum Gasteiger partial charge on any atom is -0.489 e. The maximum absolute atomic E-state index is 6.27. The van der Waals surface area contributed by atoms with Gasteiger partial charge in [-0.1, -0.05) is 55.5 Å². The van der Waals surface area contributed by atoms with Gasteiger partial charge in [-0.15, -0.1) is 0 Å². The second-order valence-electron chi connectivity index (χ2n) is 5.47. The Morgan fingerprint density at radius 1 is 1.27 bits per heavy atom. The molecule has 0 atom stereocenters. The summed E-state index contributed by atoms with van der Waals surface area (Å²) in [5.41, 5.74) is 1.17. The smallest absolute Gasteiger partial charge is 0.138 e. The number of ether oxygens (including phenoxy) is 1. The van der Waals surface area contributed by atoms with Crippen LogP contribution in [0, 0.1) is 0 Å². The summed E-state index contributed by atoms with van der Waals surface area (Å²) in [5.74, 6) is 1.58. The van der Waals surface area contributed by atoms with E-state index in [1.807, 2.05) is 26.0 Å². The monoisotopic (exact) mass is 359 g/mol. The van der Waals surface area contributed by atoms with Crippen LogP contribution in [0.2, 0.25) is 5.02 Å². The van der Waals surface area contributed by atoms with Crippen molar-refractivity contribution >= 4 is 39.9 Å². The molecule has 0 aliphatic carbocycles. The number of benzene rings is 1. The lowest BCUT2D eigenvalue weighted by atomic mass is 10.2. The van der Waals surface area contributed by atoms with Crippen molar-refractivity contribution in [3.63, 3.8) is 0 Å². The number of nitrogens with zero attached hydrogens (tertiary/aromatic N) is 1. The van der Waals surface area contributed by atoms with E-state index in [0.29, 0.717) is 5.02 Å². The molecule has 0 aliphatic rings. The van der Waals surface area contributed by atoms with E-state index in [1.165, 1.54) is 5.56 Å². The molecule has 0 saturated heterocycles. The molecular weight excluding hydrogens is 334 g/mol. The number of hydrogen-bond acceptors (Lipinski definition) is 3. The highest BCUT2D eigenvalue weighted by Gasteiger charge is 2.10. The zero-order valence-corrected chi connectivity index (χ0v) is 16.3. The van der Waals surface area contributed by atoms with Crippen LogP contribution in [0.5, 0.6) is 5.75 Å². The maximum Gasteiger partial charge on any atom is 0.138 e. The molecule has 5 heteroatoms. The van der Waals surface area contributed by atoms with E-state index < -0.39 is 0 Å². The summed E-state index contributed by atoms with van der Waals surface area (Å²) in [5, 5.41) is 0.664. The van der Waals surface area contributed by atoms with Crippen molar-refractivity contribution in [3.8, 4) is 5.75 Å². The summed E-state index contributed by atoms with van der Waals surface area (Å²) >= 11 is 13.5. The maximum atomic E-state index is 6.27. The standard InChI is InChI=1S/C17H26ClNOS2/c1-5-9-19(10-6-2)17(21)22-12-14-7-8-16(15(18)11-14)20-13(3)4/h7-8,11,13H,5-6,9-10,12H2,1-4H3. The van der Waals surface area contributed by atoms with E-state index in [4.69, 9.17) is 28.6 Å². The molecule has 2 nitrogen and oxygen atoms in total. The number of halogens is 1. The first-order valence-electron chi connectivity index (χ1n) is 7.84. The fourth-order valence-electron chi connectivity index (χ4n) is 2.05. The molecule has 22 heavy (non-hydrogen) atoms. The zero-order chi connectivity index (χ0) is 16.5. The van der Waals surface area contributed by atoms with Gasteiger partial charge in [0.15, 0.2) is 0 Å². The van der Waals surface area contributed by atoms with E-state index in [2.05, 4.69) is 24.8 Å². The molecule has 0 saturated carbocycles. The van der Waals surface area contributed by atoms with Crippen molar-refractivity contribution in [1.29, 1.82) is 0 Å². The van der Waals surface area contributed by atoms with Gasteiger partial charge in [-0.25, -0.2) is 0 Å². The summed E-state index contributed by atoms with van der Waals surface area (Å²) in [6.45, 7) is 10.4. The highest BCUT2D eigenvalue weighted by atomic mass is 35.5. The molecule has 0 amide bonds. The van der Waals surface area contributed by atoms with Crippen LogP contribution in [0.1, 0.15) is 46.1 Å². The quantitative estimate of drug-likeness (QED) is 0.546. The Kier molecular flexibility index (Phi) is 9.22. The van der Waals surface area contributed by atoms with E-state index in [0.717, 1.165) is 41.8 Å². The van der Waals surface area contributed by atoms with Crippen LogP contribution >= 0.6 is 35.6 Å². The van der Waals surface area contributed by atoms with Crippen LogP contribution in [-0.2, 0) is 5.75 Å². The first-order chi connectivity index (χ1) is 10.5. The lowest BCUT2D eigenvalue weighted by molar-refractivity contribution is 0.242. The second-order valence-corrected chi connectivity index (χ2v) is 7.49. The lowest BCUT2D eigenvalue weighted by Crippen LogP contribution is -2.29. The molecule has 0 unspecified atom stereocenters. The summed E-state index contributed by atoms with van der Waals surface area (Å²) in [4.78, 5) is 2.29. The average molecular weight is 360 g/mol. The van der Waals surface area contributed by atoms with Crippen molar-refractivity contribution in [2.45, 2.75) is 52.4 Å². The Labute approximate surface area is 149 Å². The largest absolute Gasteiger partial charge is 0.489 e. The SMILES string of the molecule is CCCN(CCC)C(=S)SCc1ccc(OC(C)C)c(Cl)c1. The molecule has 0 heterocycles. The predicted molar refractivity (Wildman–Crippen MR) is 103 cm³/mol. The fourth-order valence-corrected chi connectivity index (χ4v) is 3.50. The Balaban J connectivity index is 2.60. The molecular formula is C17H26ClNOS2. The van der Waals surface area contributed by atoms with Gasteiger partial charge in [-0.3, -0.25) is 0 Å². The van der Waals surface area contributed by atoms with Crippen molar-refractivity contribution in [3.05, 3.63) is 28.8 Å². The molecule has 1 rings (SSSR count). The highest BCUT2D eigenvalue weighted by Crippen LogP contribution is 2.28. The Morgan fingerprint density at radius 2 is 1.91 bits per heavy atom. The summed E-state index contributed by atoms with van der Waals surface area (Å²) in [6, 6.07) is 5.97.